The Balaban J connectivity index is 1.71. The van der Waals surface area contributed by atoms with Crippen molar-refractivity contribution >= 4 is 12.0 Å². The highest BCUT2D eigenvalue weighted by molar-refractivity contribution is 5.77. The van der Waals surface area contributed by atoms with Crippen molar-refractivity contribution in [3.05, 3.63) is 32.6 Å². The van der Waals surface area contributed by atoms with Gasteiger partial charge in [-0.25, -0.2) is 9.59 Å². The Labute approximate surface area is 125 Å². The second kappa shape index (κ2) is 5.32. The number of H-pyrrole nitrogens is 1. The predicted octanol–water partition coefficient (Wildman–Crippen LogP) is -1.49. The molecular weight excluding hydrogens is 292 g/mol. The van der Waals surface area contributed by atoms with E-state index in [0.29, 0.717) is 25.2 Å². The van der Waals surface area contributed by atoms with Gasteiger partial charge < -0.3 is 9.64 Å². The molecule has 3 heterocycles. The van der Waals surface area contributed by atoms with Gasteiger partial charge in [0.25, 0.3) is 5.56 Å². The maximum absolute atomic E-state index is 12.3. The first-order chi connectivity index (χ1) is 10.5. The number of cyclic esters (lactones) is 1. The number of carbonyl (C=O) groups excluding carboxylic acids is 2. The number of fused-ring (bicyclic) bond motifs is 1. The number of piperazine rings is 1. The van der Waals surface area contributed by atoms with Gasteiger partial charge in [0.2, 0.25) is 5.91 Å². The van der Waals surface area contributed by atoms with Crippen molar-refractivity contribution in [1.29, 1.82) is 0 Å². The number of aromatic amines is 1. The first kappa shape index (κ1) is 14.4. The number of nitrogens with one attached hydrogen (secondary N) is 1. The molecule has 118 valence electrons. The summed E-state index contributed by atoms with van der Waals surface area (Å²) in [5.41, 5.74) is -0.696. The number of rotatable bonds is 2. The number of ether oxygens (including phenoxy) is 1. The smallest absolute Gasteiger partial charge is 0.410 e. The maximum atomic E-state index is 12.3. The van der Waals surface area contributed by atoms with Crippen molar-refractivity contribution in [1.82, 2.24) is 19.4 Å². The van der Waals surface area contributed by atoms with E-state index in [0.717, 1.165) is 0 Å². The zero-order valence-electron chi connectivity index (χ0n) is 12.1. The van der Waals surface area contributed by atoms with E-state index in [1.807, 2.05) is 0 Å². The van der Waals surface area contributed by atoms with E-state index < -0.39 is 11.2 Å². The molecule has 9 heteroatoms. The van der Waals surface area contributed by atoms with Gasteiger partial charge in [-0.15, -0.1) is 0 Å². The zero-order valence-corrected chi connectivity index (χ0v) is 12.1. The van der Waals surface area contributed by atoms with Crippen molar-refractivity contribution in [2.75, 3.05) is 26.2 Å². The van der Waals surface area contributed by atoms with Gasteiger partial charge in [-0.2, -0.15) is 0 Å². The number of hydrogen-bond acceptors (Lipinski definition) is 5. The third kappa shape index (κ3) is 2.49. The molecule has 0 unspecified atom stereocenters. The molecule has 1 aromatic heterocycles. The summed E-state index contributed by atoms with van der Waals surface area (Å²) >= 11 is 0. The summed E-state index contributed by atoms with van der Waals surface area (Å²) in [6.45, 7) is 2.93. The lowest BCUT2D eigenvalue weighted by Crippen LogP contribution is -2.54. The van der Waals surface area contributed by atoms with Crippen molar-refractivity contribution in [2.24, 2.45) is 0 Å². The van der Waals surface area contributed by atoms with E-state index in [-0.39, 0.29) is 31.2 Å². The first-order valence-corrected chi connectivity index (χ1v) is 6.97. The number of nitrogens with zero attached hydrogens (tertiary/aromatic N) is 3. The summed E-state index contributed by atoms with van der Waals surface area (Å²) in [4.78, 5) is 52.1. The molecule has 2 aliphatic rings. The molecule has 3 rings (SSSR count). The first-order valence-electron chi connectivity index (χ1n) is 6.97. The lowest BCUT2D eigenvalue weighted by atomic mass is 10.2. The van der Waals surface area contributed by atoms with E-state index in [9.17, 15) is 19.2 Å². The summed E-state index contributed by atoms with van der Waals surface area (Å²) in [7, 11) is 0. The minimum atomic E-state index is -0.609. The fourth-order valence-electron chi connectivity index (χ4n) is 2.70. The Hall–Kier alpha value is -2.58. The van der Waals surface area contributed by atoms with Crippen LogP contribution in [0.5, 0.6) is 0 Å². The molecule has 2 aliphatic heterocycles. The van der Waals surface area contributed by atoms with Gasteiger partial charge in [0.15, 0.2) is 0 Å². The predicted molar refractivity (Wildman–Crippen MR) is 74.5 cm³/mol. The molecule has 1 N–H and O–H groups in total. The summed E-state index contributed by atoms with van der Waals surface area (Å²) in [5, 5.41) is 0. The van der Waals surface area contributed by atoms with Crippen LogP contribution in [0.3, 0.4) is 0 Å². The van der Waals surface area contributed by atoms with Crippen LogP contribution in [0, 0.1) is 6.92 Å². The van der Waals surface area contributed by atoms with Crippen LogP contribution in [0.25, 0.3) is 0 Å². The Bertz CT molecular complexity index is 737. The molecule has 9 nitrogen and oxygen atoms in total. The quantitative estimate of drug-likeness (QED) is 0.716. The normalized spacial score (nSPS) is 20.8. The van der Waals surface area contributed by atoms with Gasteiger partial charge >= 0.3 is 11.8 Å². The standard InChI is InChI=1S/C13H16N4O5/c1-8-4-16(12(20)14-11(8)19)6-10(18)15-2-3-17-9(5-15)7-22-13(17)21/h4,9H,2-3,5-7H2,1H3,(H,14,19,20)/t9-/m1/s1. The molecular formula is C13H16N4O5. The molecule has 0 saturated carbocycles. The van der Waals surface area contributed by atoms with Gasteiger partial charge in [-0.1, -0.05) is 0 Å². The molecule has 0 aliphatic carbocycles. The fourth-order valence-corrected chi connectivity index (χ4v) is 2.70. The van der Waals surface area contributed by atoms with Crippen LogP contribution < -0.4 is 11.2 Å². The van der Waals surface area contributed by atoms with Gasteiger partial charge in [0.1, 0.15) is 13.2 Å². The zero-order chi connectivity index (χ0) is 15.9. The Morgan fingerprint density at radius 2 is 2.14 bits per heavy atom. The summed E-state index contributed by atoms with van der Waals surface area (Å²) in [6, 6.07) is -0.126. The highest BCUT2D eigenvalue weighted by Crippen LogP contribution is 2.17. The van der Waals surface area contributed by atoms with Crippen LogP contribution in [0.1, 0.15) is 5.56 Å². The van der Waals surface area contributed by atoms with Crippen molar-refractivity contribution in [3.63, 3.8) is 0 Å². The monoisotopic (exact) mass is 308 g/mol. The highest BCUT2D eigenvalue weighted by atomic mass is 16.6. The fraction of sp³-hybridized carbons (Fsp3) is 0.538. The molecule has 1 aromatic rings. The van der Waals surface area contributed by atoms with Crippen molar-refractivity contribution in [3.8, 4) is 0 Å². The van der Waals surface area contributed by atoms with Crippen LogP contribution >= 0.6 is 0 Å². The van der Waals surface area contributed by atoms with Gasteiger partial charge in [0.05, 0.1) is 6.04 Å². The molecule has 0 spiro atoms. The summed E-state index contributed by atoms with van der Waals surface area (Å²) in [6.07, 6.45) is 1.03. The molecule has 2 amide bonds. The number of carbonyl (C=O) groups is 2. The van der Waals surface area contributed by atoms with Crippen LogP contribution in [-0.4, -0.2) is 63.6 Å². The summed E-state index contributed by atoms with van der Waals surface area (Å²) in [5.74, 6) is -0.229. The minimum Gasteiger partial charge on any atom is -0.447 e. The Morgan fingerprint density at radius 3 is 2.91 bits per heavy atom. The molecule has 0 bridgehead atoms. The molecule has 0 aromatic carbocycles. The molecule has 22 heavy (non-hydrogen) atoms. The molecule has 0 radical (unpaired) electrons. The Morgan fingerprint density at radius 1 is 1.36 bits per heavy atom. The highest BCUT2D eigenvalue weighted by Gasteiger charge is 2.38. The van der Waals surface area contributed by atoms with Crippen molar-refractivity contribution < 1.29 is 14.3 Å². The average Bonchev–Trinajstić information content (AvgIpc) is 2.85. The van der Waals surface area contributed by atoms with E-state index >= 15 is 0 Å². The second-order valence-electron chi connectivity index (χ2n) is 5.46. The number of amides is 2. The molecule has 2 fully saturated rings. The third-order valence-corrected chi connectivity index (χ3v) is 3.96. The second-order valence-corrected chi connectivity index (χ2v) is 5.46. The van der Waals surface area contributed by atoms with Crippen LogP contribution in [0.4, 0.5) is 4.79 Å². The largest absolute Gasteiger partial charge is 0.447 e. The van der Waals surface area contributed by atoms with Crippen LogP contribution in [0.15, 0.2) is 15.8 Å². The topological polar surface area (TPSA) is 105 Å². The van der Waals surface area contributed by atoms with Crippen molar-refractivity contribution in [2.45, 2.75) is 19.5 Å². The Kier molecular flexibility index (Phi) is 3.47. The van der Waals surface area contributed by atoms with Gasteiger partial charge in [-0.3, -0.25) is 24.0 Å². The number of hydrogen-bond donors (Lipinski definition) is 1. The minimum absolute atomic E-state index is 0.126. The number of aromatic nitrogens is 2. The van der Waals surface area contributed by atoms with Crippen LogP contribution in [-0.2, 0) is 16.1 Å². The lowest BCUT2D eigenvalue weighted by molar-refractivity contribution is -0.134. The van der Waals surface area contributed by atoms with E-state index in [4.69, 9.17) is 4.74 Å². The van der Waals surface area contributed by atoms with E-state index in [1.165, 1.54) is 10.8 Å². The maximum Gasteiger partial charge on any atom is 0.410 e. The van der Waals surface area contributed by atoms with Crippen LogP contribution in [0.2, 0.25) is 0 Å². The number of aryl methyl sites for hydroxylation is 1. The SMILES string of the molecule is Cc1cn(CC(=O)N2CCN3C(=O)OC[C@H]3C2)c(=O)[nH]c1=O. The molecule has 1 atom stereocenters. The third-order valence-electron chi connectivity index (χ3n) is 3.96. The lowest BCUT2D eigenvalue weighted by Gasteiger charge is -2.35. The summed E-state index contributed by atoms with van der Waals surface area (Å²) < 4.78 is 6.13. The van der Waals surface area contributed by atoms with Gasteiger partial charge in [0, 0.05) is 31.4 Å². The van der Waals surface area contributed by atoms with Gasteiger partial charge in [-0.05, 0) is 6.92 Å². The van der Waals surface area contributed by atoms with E-state index in [1.54, 1.807) is 16.7 Å². The molecule has 2 saturated heterocycles. The average molecular weight is 308 g/mol. The van der Waals surface area contributed by atoms with E-state index in [2.05, 4.69) is 4.98 Å².